The van der Waals surface area contributed by atoms with Gasteiger partial charge in [0.1, 0.15) is 29.7 Å². The molecule has 47 heavy (non-hydrogen) atoms. The number of benzene rings is 2. The minimum atomic E-state index is -0.856. The van der Waals surface area contributed by atoms with Gasteiger partial charge in [-0.05, 0) is 69.4 Å². The number of carbonyl (C=O) groups excluding carboxylic acids is 1. The van der Waals surface area contributed by atoms with Crippen LogP contribution in [0.3, 0.4) is 0 Å². The van der Waals surface area contributed by atoms with Crippen LogP contribution in [-0.2, 0) is 24.7 Å². The highest BCUT2D eigenvalue weighted by Crippen LogP contribution is 2.47. The summed E-state index contributed by atoms with van der Waals surface area (Å²) in [7, 11) is 1.88. The van der Waals surface area contributed by atoms with E-state index in [1.54, 1.807) is 16.5 Å². The molecule has 2 aromatic carbocycles. The third-order valence-electron chi connectivity index (χ3n) is 9.15. The monoisotopic (exact) mass is 638 g/mol. The first-order valence-electron chi connectivity index (χ1n) is 15.9. The number of pyridine rings is 1. The number of hydrogen-bond donors (Lipinski definition) is 1. The highest BCUT2D eigenvalue weighted by Gasteiger charge is 2.35. The van der Waals surface area contributed by atoms with Gasteiger partial charge < -0.3 is 14.7 Å². The lowest BCUT2D eigenvalue weighted by Crippen LogP contribution is -2.42. The average molecular weight is 639 g/mol. The second-order valence-electron chi connectivity index (χ2n) is 12.6. The summed E-state index contributed by atoms with van der Waals surface area (Å²) in [5, 5.41) is 20.6. The third-order valence-corrected chi connectivity index (χ3v) is 9.15. The Labute approximate surface area is 271 Å². The van der Waals surface area contributed by atoms with Crippen molar-refractivity contribution in [1.82, 2.24) is 29.4 Å². The zero-order valence-electron chi connectivity index (χ0n) is 26.8. The zero-order valence-corrected chi connectivity index (χ0v) is 26.8. The highest BCUT2D eigenvalue weighted by atomic mass is 19.1. The number of rotatable bonds is 7. The van der Waals surface area contributed by atoms with Crippen molar-refractivity contribution in [2.45, 2.75) is 58.2 Å². The fraction of sp³-hybridized carbons (Fsp3) is 0.333. The molecule has 5 aromatic rings. The molecule has 1 aliphatic carbocycles. The fourth-order valence-electron chi connectivity index (χ4n) is 7.02. The molecule has 0 saturated carbocycles. The Morgan fingerprint density at radius 2 is 1.89 bits per heavy atom. The van der Waals surface area contributed by atoms with E-state index in [2.05, 4.69) is 11.7 Å². The van der Waals surface area contributed by atoms with Crippen LogP contribution in [0.5, 0.6) is 5.75 Å². The first-order chi connectivity index (χ1) is 22.5. The minimum absolute atomic E-state index is 0.0170. The van der Waals surface area contributed by atoms with Gasteiger partial charge in [0, 0.05) is 48.4 Å². The molecule has 1 aliphatic heterocycles. The SMILES string of the molecule is C=CC(=O)N1C[C@H](C)n2nc(-c3nc(-c4ccc5cn(C)nc5c4)c4c(c3-c3c(F)cc(F)cc3OC[C@@H](C)O)CCC4)cc2[C@H]1C. The summed E-state index contributed by atoms with van der Waals surface area (Å²) in [6, 6.07) is 9.50. The number of amides is 1. The van der Waals surface area contributed by atoms with Crippen LogP contribution < -0.4 is 4.74 Å². The summed E-state index contributed by atoms with van der Waals surface area (Å²) in [5.41, 5.74) is 6.65. The van der Waals surface area contributed by atoms with Gasteiger partial charge in [0.05, 0.1) is 46.3 Å². The summed E-state index contributed by atoms with van der Waals surface area (Å²) in [4.78, 5) is 19.8. The van der Waals surface area contributed by atoms with E-state index in [1.807, 2.05) is 56.0 Å². The van der Waals surface area contributed by atoms with Crippen molar-refractivity contribution in [2.24, 2.45) is 7.05 Å². The first-order valence-corrected chi connectivity index (χ1v) is 15.9. The molecule has 2 aliphatic rings. The van der Waals surface area contributed by atoms with Crippen LogP contribution >= 0.6 is 0 Å². The van der Waals surface area contributed by atoms with Crippen LogP contribution in [0.1, 0.15) is 56.1 Å². The number of fused-ring (bicyclic) bond motifs is 3. The summed E-state index contributed by atoms with van der Waals surface area (Å²) in [6.45, 7) is 9.45. The van der Waals surface area contributed by atoms with Crippen LogP contribution in [-0.4, -0.2) is 59.7 Å². The van der Waals surface area contributed by atoms with E-state index >= 15 is 4.39 Å². The van der Waals surface area contributed by atoms with Gasteiger partial charge in [-0.15, -0.1) is 0 Å². The van der Waals surface area contributed by atoms with Gasteiger partial charge in [0.2, 0.25) is 5.91 Å². The second-order valence-corrected chi connectivity index (χ2v) is 12.6. The van der Waals surface area contributed by atoms with E-state index in [-0.39, 0.29) is 35.9 Å². The van der Waals surface area contributed by atoms with Crippen molar-refractivity contribution in [2.75, 3.05) is 13.2 Å². The Balaban J connectivity index is 1.51. The van der Waals surface area contributed by atoms with Gasteiger partial charge in [-0.2, -0.15) is 10.2 Å². The van der Waals surface area contributed by atoms with E-state index in [4.69, 9.17) is 14.8 Å². The van der Waals surface area contributed by atoms with E-state index in [9.17, 15) is 14.3 Å². The van der Waals surface area contributed by atoms with Gasteiger partial charge in [0.15, 0.2) is 0 Å². The van der Waals surface area contributed by atoms with Crippen LogP contribution in [0.25, 0.3) is 44.7 Å². The highest BCUT2D eigenvalue weighted by molar-refractivity contribution is 5.91. The molecule has 4 heterocycles. The Hall–Kier alpha value is -4.90. The van der Waals surface area contributed by atoms with E-state index in [0.29, 0.717) is 29.9 Å². The van der Waals surface area contributed by atoms with Crippen molar-refractivity contribution in [1.29, 1.82) is 0 Å². The molecule has 11 heteroatoms. The summed E-state index contributed by atoms with van der Waals surface area (Å²) >= 11 is 0. The normalized spacial score (nSPS) is 17.9. The van der Waals surface area contributed by atoms with Gasteiger partial charge >= 0.3 is 0 Å². The standard InChI is InChI=1S/C36H36F2N6O3/c1-6-32(46)43-16-19(2)44-30(21(43)4)15-29(41-44)36-33(34-27(38)13-24(37)14-31(34)47-18-20(3)45)25-8-7-9-26(25)35(39-36)22-10-11-23-17-42(5)40-28(23)12-22/h6,10-15,17,19-21,45H,1,7-9,16,18H2,2-5H3/t19-,20+,21+/m0/s1. The van der Waals surface area contributed by atoms with Crippen molar-refractivity contribution in [3.05, 3.63) is 83.7 Å². The number of aliphatic hydroxyl groups is 1. The second kappa shape index (κ2) is 11.7. The summed E-state index contributed by atoms with van der Waals surface area (Å²) < 4.78 is 40.3. The smallest absolute Gasteiger partial charge is 0.246 e. The molecule has 242 valence electrons. The predicted octanol–water partition coefficient (Wildman–Crippen LogP) is 6.34. The van der Waals surface area contributed by atoms with Gasteiger partial charge in [-0.1, -0.05) is 18.7 Å². The van der Waals surface area contributed by atoms with Crippen molar-refractivity contribution < 1.29 is 23.4 Å². The molecule has 9 nitrogen and oxygen atoms in total. The quantitative estimate of drug-likeness (QED) is 0.209. The maximum Gasteiger partial charge on any atom is 0.246 e. The van der Waals surface area contributed by atoms with Crippen molar-refractivity contribution in [3.63, 3.8) is 0 Å². The number of hydrogen-bond acceptors (Lipinski definition) is 6. The largest absolute Gasteiger partial charge is 0.490 e. The van der Waals surface area contributed by atoms with Crippen LogP contribution in [0.15, 0.2) is 55.3 Å². The molecule has 0 saturated heterocycles. The number of carbonyl (C=O) groups is 1. The van der Waals surface area contributed by atoms with Gasteiger partial charge in [0.25, 0.3) is 0 Å². The van der Waals surface area contributed by atoms with Crippen LogP contribution in [0, 0.1) is 11.6 Å². The third kappa shape index (κ3) is 5.28. The van der Waals surface area contributed by atoms with Crippen molar-refractivity contribution in [3.8, 4) is 39.5 Å². The Bertz CT molecular complexity index is 2070. The molecule has 0 bridgehead atoms. The molecule has 0 radical (unpaired) electrons. The maximum atomic E-state index is 16.1. The van der Waals surface area contributed by atoms with Crippen LogP contribution in [0.4, 0.5) is 8.78 Å². The topological polar surface area (TPSA) is 98.3 Å². The molecular formula is C36H36F2N6O3. The minimum Gasteiger partial charge on any atom is -0.490 e. The zero-order chi connectivity index (χ0) is 33.1. The summed E-state index contributed by atoms with van der Waals surface area (Å²) in [6.07, 6.45) is 4.61. The van der Waals surface area contributed by atoms with E-state index < -0.39 is 17.7 Å². The fourth-order valence-corrected chi connectivity index (χ4v) is 7.02. The van der Waals surface area contributed by atoms with Crippen molar-refractivity contribution >= 4 is 16.8 Å². The van der Waals surface area contributed by atoms with Gasteiger partial charge in [-0.3, -0.25) is 14.2 Å². The Kier molecular flexibility index (Phi) is 7.66. The molecule has 1 N–H and O–H groups in total. The Morgan fingerprint density at radius 3 is 2.66 bits per heavy atom. The molecule has 0 unspecified atom stereocenters. The molecular weight excluding hydrogens is 602 g/mol. The molecule has 0 spiro atoms. The van der Waals surface area contributed by atoms with Gasteiger partial charge in [-0.25, -0.2) is 13.8 Å². The lowest BCUT2D eigenvalue weighted by Gasteiger charge is -2.36. The maximum absolute atomic E-state index is 16.1. The lowest BCUT2D eigenvalue weighted by molar-refractivity contribution is -0.129. The summed E-state index contributed by atoms with van der Waals surface area (Å²) in [5.74, 6) is -1.77. The molecule has 0 fully saturated rings. The van der Waals surface area contributed by atoms with E-state index in [1.165, 1.54) is 6.08 Å². The van der Waals surface area contributed by atoms with Crippen LogP contribution in [0.2, 0.25) is 0 Å². The molecule has 3 atom stereocenters. The molecule has 7 rings (SSSR count). The number of nitrogens with zero attached hydrogens (tertiary/aromatic N) is 6. The molecule has 3 aromatic heterocycles. The molecule has 1 amide bonds. The number of aromatic nitrogens is 5. The number of halogens is 2. The lowest BCUT2D eigenvalue weighted by atomic mass is 9.90. The average Bonchev–Trinajstić information content (AvgIpc) is 3.78. The predicted molar refractivity (Wildman–Crippen MR) is 175 cm³/mol. The Morgan fingerprint density at radius 1 is 1.11 bits per heavy atom. The first kappa shape index (κ1) is 30.7. The number of ether oxygens (including phenoxy) is 1. The number of aryl methyl sites for hydroxylation is 1. The van der Waals surface area contributed by atoms with E-state index in [0.717, 1.165) is 64.0 Å². The number of aliphatic hydroxyl groups excluding tert-OH is 1.